The Hall–Kier alpha value is 0.200. The van der Waals surface area contributed by atoms with Crippen LogP contribution in [0.3, 0.4) is 0 Å². The number of nitrogens with zero attached hydrogens (tertiary/aromatic N) is 2. The van der Waals surface area contributed by atoms with E-state index in [4.69, 9.17) is 5.21 Å². The first-order chi connectivity index (χ1) is 3.18. The van der Waals surface area contributed by atoms with Gasteiger partial charge in [0.05, 0.1) is 0 Å². The summed E-state index contributed by atoms with van der Waals surface area (Å²) >= 11 is 0. The summed E-state index contributed by atoms with van der Waals surface area (Å²) in [6, 6.07) is -0.273. The molecule has 5 heteroatoms. The van der Waals surface area contributed by atoms with E-state index in [9.17, 15) is 5.21 Å². The summed E-state index contributed by atoms with van der Waals surface area (Å²) in [6.07, 6.45) is 0. The van der Waals surface area contributed by atoms with Gasteiger partial charge in [-0.1, -0.05) is 4.86 Å². The fraction of sp³-hybridized carbons (Fsp3) is 1.00. The van der Waals surface area contributed by atoms with Gasteiger partial charge in [-0.3, -0.25) is 0 Å². The molecule has 0 aliphatic carbocycles. The van der Waals surface area contributed by atoms with E-state index < -0.39 is 0 Å². The molecule has 0 atom stereocenters. The van der Waals surface area contributed by atoms with Crippen molar-refractivity contribution in [3.63, 3.8) is 0 Å². The SMILES string of the molecule is CC(C)/[N+]([O-])=N/O.[Na]. The van der Waals surface area contributed by atoms with E-state index in [-0.39, 0.29) is 40.5 Å². The van der Waals surface area contributed by atoms with Crippen molar-refractivity contribution in [1.82, 2.24) is 0 Å². The minimum absolute atomic E-state index is 0. The van der Waals surface area contributed by atoms with Crippen LogP contribution >= 0.6 is 0 Å². The molecule has 0 bridgehead atoms. The van der Waals surface area contributed by atoms with Gasteiger partial charge < -0.3 is 10.4 Å². The van der Waals surface area contributed by atoms with Gasteiger partial charge >= 0.3 is 0 Å². The van der Waals surface area contributed by atoms with Gasteiger partial charge in [0, 0.05) is 43.4 Å². The molecular weight excluding hydrogens is 119 g/mol. The van der Waals surface area contributed by atoms with Gasteiger partial charge in [-0.25, -0.2) is 0 Å². The Bertz CT molecular complexity index is 83.4. The van der Waals surface area contributed by atoms with Crippen LogP contribution in [0.15, 0.2) is 5.28 Å². The molecule has 0 aromatic carbocycles. The molecule has 0 aliphatic rings. The van der Waals surface area contributed by atoms with Gasteiger partial charge in [-0.2, -0.15) is 0 Å². The zero-order valence-corrected chi connectivity index (χ0v) is 7.33. The minimum Gasteiger partial charge on any atom is -0.597 e. The van der Waals surface area contributed by atoms with Gasteiger partial charge in [-0.05, 0) is 0 Å². The molecule has 8 heavy (non-hydrogen) atoms. The van der Waals surface area contributed by atoms with Gasteiger partial charge in [0.1, 0.15) is 0 Å². The summed E-state index contributed by atoms with van der Waals surface area (Å²) in [4.78, 5) is 0.222. The van der Waals surface area contributed by atoms with Crippen LogP contribution in [0.25, 0.3) is 0 Å². The van der Waals surface area contributed by atoms with Crippen LogP contribution in [0.2, 0.25) is 0 Å². The molecule has 0 rings (SSSR count). The molecule has 1 N–H and O–H groups in total. The second-order valence-corrected chi connectivity index (χ2v) is 1.49. The predicted molar refractivity (Wildman–Crippen MR) is 28.7 cm³/mol. The molecule has 0 spiro atoms. The number of rotatable bonds is 1. The largest absolute Gasteiger partial charge is 0.597 e. The van der Waals surface area contributed by atoms with Crippen molar-refractivity contribution in [2.75, 3.05) is 0 Å². The van der Waals surface area contributed by atoms with Gasteiger partial charge in [0.25, 0.3) is 0 Å². The first-order valence-corrected chi connectivity index (χ1v) is 2.00. The molecule has 0 amide bonds. The molecule has 0 aromatic rings. The van der Waals surface area contributed by atoms with Crippen LogP contribution < -0.4 is 0 Å². The summed E-state index contributed by atoms with van der Waals surface area (Å²) in [7, 11) is 0. The van der Waals surface area contributed by atoms with Crippen molar-refractivity contribution >= 4 is 29.6 Å². The van der Waals surface area contributed by atoms with Crippen molar-refractivity contribution in [2.24, 2.45) is 5.28 Å². The first kappa shape index (κ1) is 11.1. The van der Waals surface area contributed by atoms with E-state index in [0.717, 1.165) is 0 Å². The van der Waals surface area contributed by atoms with Crippen molar-refractivity contribution < 1.29 is 10.1 Å². The van der Waals surface area contributed by atoms with E-state index in [1.807, 2.05) is 0 Å². The standard InChI is InChI=1S/C3H8N2O2.Na/c1-3(2)5(7)4-6;/h3,6H,1-2H3;/b5-4-;. The summed E-state index contributed by atoms with van der Waals surface area (Å²) in [5.41, 5.74) is 0. The average Bonchev–Trinajstić information content (AvgIpc) is 1.65. The normalized spacial score (nSPS) is 11.1. The molecule has 0 heterocycles. The van der Waals surface area contributed by atoms with Gasteiger partial charge in [-0.15, -0.1) is 0 Å². The maximum atomic E-state index is 10.0. The Balaban J connectivity index is 0. The Kier molecular flexibility index (Phi) is 7.38. The van der Waals surface area contributed by atoms with Crippen LogP contribution in [0.4, 0.5) is 0 Å². The maximum Gasteiger partial charge on any atom is 0.197 e. The van der Waals surface area contributed by atoms with Crippen molar-refractivity contribution in [3.05, 3.63) is 5.21 Å². The average molecular weight is 127 g/mol. The van der Waals surface area contributed by atoms with Crippen molar-refractivity contribution in [1.29, 1.82) is 0 Å². The number of hydroxylamine groups is 1. The fourth-order valence-corrected chi connectivity index (χ4v) is 0.103. The molecule has 1 radical (unpaired) electrons. The summed E-state index contributed by atoms with van der Waals surface area (Å²) in [5, 5.41) is 20.1. The van der Waals surface area contributed by atoms with Crippen LogP contribution in [-0.4, -0.2) is 45.7 Å². The Morgan fingerprint density at radius 2 is 2.00 bits per heavy atom. The quantitative estimate of drug-likeness (QED) is 0.239. The predicted octanol–water partition coefficient (Wildman–Crippen LogP) is 0.366. The topological polar surface area (TPSA) is 58.7 Å². The third-order valence-corrected chi connectivity index (χ3v) is 0.530. The molecule has 4 nitrogen and oxygen atoms in total. The van der Waals surface area contributed by atoms with Crippen LogP contribution in [0, 0.1) is 5.21 Å². The summed E-state index contributed by atoms with van der Waals surface area (Å²) in [5.74, 6) is 0. The van der Waals surface area contributed by atoms with E-state index in [0.29, 0.717) is 0 Å². The van der Waals surface area contributed by atoms with Crippen LogP contribution in [-0.2, 0) is 0 Å². The zero-order valence-electron chi connectivity index (χ0n) is 5.33. The molecule has 0 fully saturated rings. The van der Waals surface area contributed by atoms with E-state index >= 15 is 0 Å². The van der Waals surface area contributed by atoms with E-state index in [1.165, 1.54) is 0 Å². The number of hydrogen-bond donors (Lipinski definition) is 1. The monoisotopic (exact) mass is 127 g/mol. The zero-order chi connectivity index (χ0) is 5.86. The fourth-order valence-electron chi connectivity index (χ4n) is 0.103. The summed E-state index contributed by atoms with van der Waals surface area (Å²) < 4.78 is 0. The molecule has 43 valence electrons. The van der Waals surface area contributed by atoms with Crippen molar-refractivity contribution in [2.45, 2.75) is 19.9 Å². The summed E-state index contributed by atoms with van der Waals surface area (Å²) in [6.45, 7) is 3.26. The third kappa shape index (κ3) is 4.36. The molecule has 0 saturated heterocycles. The first-order valence-electron chi connectivity index (χ1n) is 2.00. The Morgan fingerprint density at radius 3 is 2.00 bits per heavy atom. The second kappa shape index (κ2) is 5.34. The van der Waals surface area contributed by atoms with Crippen LogP contribution in [0.5, 0.6) is 0 Å². The Labute approximate surface area is 70.0 Å². The molecule has 0 aromatic heterocycles. The minimum atomic E-state index is -0.273. The maximum absolute atomic E-state index is 10.0. The number of hydrogen-bond acceptors (Lipinski definition) is 2. The van der Waals surface area contributed by atoms with Crippen LogP contribution in [0.1, 0.15) is 13.8 Å². The molecule has 0 unspecified atom stereocenters. The second-order valence-electron chi connectivity index (χ2n) is 1.49. The third-order valence-electron chi connectivity index (χ3n) is 0.530. The molecule has 0 saturated carbocycles. The van der Waals surface area contributed by atoms with Gasteiger partial charge in [0.15, 0.2) is 11.3 Å². The van der Waals surface area contributed by atoms with Crippen molar-refractivity contribution in [3.8, 4) is 0 Å². The smallest absolute Gasteiger partial charge is 0.197 e. The molecular formula is C3H8N2NaO2. The van der Waals surface area contributed by atoms with E-state index in [1.54, 1.807) is 13.8 Å². The van der Waals surface area contributed by atoms with Gasteiger partial charge in [0.2, 0.25) is 0 Å². The van der Waals surface area contributed by atoms with E-state index in [2.05, 4.69) is 5.28 Å². The Morgan fingerprint density at radius 1 is 1.62 bits per heavy atom. The molecule has 0 aliphatic heterocycles.